The molecular weight excluding hydrogens is 500 g/mol. The molecule has 0 spiro atoms. The van der Waals surface area contributed by atoms with Crippen LogP contribution in [0.5, 0.6) is 5.75 Å². The van der Waals surface area contributed by atoms with Gasteiger partial charge in [-0.15, -0.1) is 0 Å². The molecule has 1 aliphatic rings. The number of hydrogen-bond donors (Lipinski definition) is 2. The Morgan fingerprint density at radius 1 is 0.900 bits per heavy atom. The van der Waals surface area contributed by atoms with Crippen LogP contribution in [0.25, 0.3) is 11.1 Å². The van der Waals surface area contributed by atoms with E-state index in [-0.39, 0.29) is 16.9 Å². The van der Waals surface area contributed by atoms with Crippen molar-refractivity contribution in [1.82, 2.24) is 5.32 Å². The van der Waals surface area contributed by atoms with E-state index in [1.54, 1.807) is 12.1 Å². The van der Waals surface area contributed by atoms with Gasteiger partial charge in [-0.3, -0.25) is 4.79 Å². The lowest BCUT2D eigenvalue weighted by molar-refractivity contribution is 0.0697. The largest absolute Gasteiger partial charge is 0.490 e. The fourth-order valence-corrected chi connectivity index (χ4v) is 4.92. The van der Waals surface area contributed by atoms with E-state index in [2.05, 4.69) is 55.3 Å². The van der Waals surface area contributed by atoms with Crippen LogP contribution in [0.1, 0.15) is 58.2 Å². The first-order valence-corrected chi connectivity index (χ1v) is 13.5. The summed E-state index contributed by atoms with van der Waals surface area (Å²) in [6.07, 6.45) is 0. The minimum atomic E-state index is -0.938. The number of carbonyl (C=O) groups is 2. The molecule has 1 aliphatic heterocycles. The third-order valence-corrected chi connectivity index (χ3v) is 7.25. The Kier molecular flexibility index (Phi) is 7.60. The molecule has 0 radical (unpaired) electrons. The van der Waals surface area contributed by atoms with Gasteiger partial charge in [0.1, 0.15) is 12.4 Å². The fourth-order valence-electron chi connectivity index (χ4n) is 4.92. The van der Waals surface area contributed by atoms with Crippen LogP contribution in [0.3, 0.4) is 0 Å². The van der Waals surface area contributed by atoms with E-state index in [1.165, 1.54) is 5.56 Å². The van der Waals surface area contributed by atoms with Gasteiger partial charge in [0.05, 0.1) is 17.8 Å². The number of carbonyl (C=O) groups excluding carboxylic acids is 1. The highest BCUT2D eigenvalue weighted by atomic mass is 16.5. The number of carboxylic acid groups (broad SMARTS) is 1. The Bertz CT molecular complexity index is 1520. The molecule has 0 unspecified atom stereocenters. The van der Waals surface area contributed by atoms with E-state index >= 15 is 0 Å². The molecule has 0 aromatic heterocycles. The predicted octanol–water partition coefficient (Wildman–Crippen LogP) is 6.68. The van der Waals surface area contributed by atoms with Crippen molar-refractivity contribution in [3.05, 3.63) is 119 Å². The lowest BCUT2D eigenvalue weighted by Gasteiger charge is -2.31. The summed E-state index contributed by atoms with van der Waals surface area (Å²) in [5, 5.41) is 12.5. The van der Waals surface area contributed by atoms with E-state index < -0.39 is 5.97 Å². The van der Waals surface area contributed by atoms with Crippen LogP contribution in [-0.2, 0) is 18.5 Å². The summed E-state index contributed by atoms with van der Waals surface area (Å²) in [5.41, 5.74) is 6.87. The number of aromatic carboxylic acids is 1. The van der Waals surface area contributed by atoms with Gasteiger partial charge in [0.25, 0.3) is 5.91 Å². The monoisotopic (exact) mass is 534 g/mol. The van der Waals surface area contributed by atoms with Gasteiger partial charge in [-0.25, -0.2) is 4.79 Å². The molecule has 1 heterocycles. The zero-order chi connectivity index (χ0) is 28.3. The minimum absolute atomic E-state index is 0.0937. The van der Waals surface area contributed by atoms with E-state index in [0.717, 1.165) is 28.9 Å². The van der Waals surface area contributed by atoms with Gasteiger partial charge in [0.15, 0.2) is 0 Å². The van der Waals surface area contributed by atoms with Crippen LogP contribution in [0.2, 0.25) is 0 Å². The number of nitrogens with zero attached hydrogens (tertiary/aromatic N) is 1. The maximum atomic E-state index is 12.9. The number of anilines is 1. The molecular formula is C34H34N2O4. The van der Waals surface area contributed by atoms with Gasteiger partial charge < -0.3 is 20.1 Å². The SMILES string of the molecule is CC(C)(C)c1ccc(CNC(=O)c2ccc3c(c2)OCCN3Cc2ccc(-c3ccccc3C(=O)O)cc2)cc1. The summed E-state index contributed by atoms with van der Waals surface area (Å²) >= 11 is 0. The molecule has 204 valence electrons. The highest BCUT2D eigenvalue weighted by Crippen LogP contribution is 2.34. The van der Waals surface area contributed by atoms with Crippen molar-refractivity contribution in [1.29, 1.82) is 0 Å². The molecule has 5 rings (SSSR count). The quantitative estimate of drug-likeness (QED) is 0.277. The Morgan fingerprint density at radius 3 is 2.30 bits per heavy atom. The highest BCUT2D eigenvalue weighted by Gasteiger charge is 2.21. The molecule has 40 heavy (non-hydrogen) atoms. The zero-order valence-corrected chi connectivity index (χ0v) is 23.1. The summed E-state index contributed by atoms with van der Waals surface area (Å²) < 4.78 is 5.93. The van der Waals surface area contributed by atoms with Crippen molar-refractivity contribution in [2.75, 3.05) is 18.1 Å². The van der Waals surface area contributed by atoms with Gasteiger partial charge in [-0.05, 0) is 57.5 Å². The molecule has 2 N–H and O–H groups in total. The number of ether oxygens (including phenoxy) is 1. The average molecular weight is 535 g/mol. The third-order valence-electron chi connectivity index (χ3n) is 7.25. The topological polar surface area (TPSA) is 78.9 Å². The van der Waals surface area contributed by atoms with E-state index in [0.29, 0.717) is 36.6 Å². The lowest BCUT2D eigenvalue weighted by atomic mass is 9.87. The van der Waals surface area contributed by atoms with Crippen LogP contribution in [0.15, 0.2) is 91.0 Å². The summed E-state index contributed by atoms with van der Waals surface area (Å²) in [4.78, 5) is 26.7. The van der Waals surface area contributed by atoms with Crippen LogP contribution in [0.4, 0.5) is 5.69 Å². The normalized spacial score (nSPS) is 12.8. The molecule has 1 amide bonds. The number of carboxylic acids is 1. The Morgan fingerprint density at radius 2 is 1.60 bits per heavy atom. The van der Waals surface area contributed by atoms with Crippen molar-refractivity contribution >= 4 is 17.6 Å². The van der Waals surface area contributed by atoms with E-state index in [4.69, 9.17) is 4.74 Å². The number of hydrogen-bond acceptors (Lipinski definition) is 4. The second-order valence-electron chi connectivity index (χ2n) is 11.1. The Labute approximate surface area is 235 Å². The first kappa shape index (κ1) is 27.0. The molecule has 0 fully saturated rings. The fraction of sp³-hybridized carbons (Fsp3) is 0.235. The number of benzene rings is 4. The van der Waals surface area contributed by atoms with Gasteiger partial charge in [-0.1, -0.05) is 87.5 Å². The molecule has 0 saturated carbocycles. The molecule has 6 nitrogen and oxygen atoms in total. The third kappa shape index (κ3) is 6.01. The summed E-state index contributed by atoms with van der Waals surface area (Å²) in [6, 6.07) is 29.0. The van der Waals surface area contributed by atoms with Gasteiger partial charge in [0, 0.05) is 18.7 Å². The Balaban J connectivity index is 1.24. The standard InChI is InChI=1S/C34H34N2O4/c1-34(2,3)27-15-10-23(11-16-27)21-35-32(37)26-14-17-30-31(20-26)40-19-18-36(30)22-24-8-12-25(13-9-24)28-6-4-5-7-29(28)33(38)39/h4-17,20H,18-19,21-22H2,1-3H3,(H,35,37)(H,38,39). The molecule has 4 aromatic rings. The zero-order valence-electron chi connectivity index (χ0n) is 23.1. The van der Waals surface area contributed by atoms with Crippen molar-refractivity contribution in [2.24, 2.45) is 0 Å². The summed E-state index contributed by atoms with van der Waals surface area (Å²) in [7, 11) is 0. The minimum Gasteiger partial charge on any atom is -0.490 e. The van der Waals surface area contributed by atoms with Crippen LogP contribution < -0.4 is 15.0 Å². The van der Waals surface area contributed by atoms with Crippen LogP contribution in [-0.4, -0.2) is 30.1 Å². The van der Waals surface area contributed by atoms with Crippen molar-refractivity contribution in [3.63, 3.8) is 0 Å². The van der Waals surface area contributed by atoms with Gasteiger partial charge in [-0.2, -0.15) is 0 Å². The maximum absolute atomic E-state index is 12.9. The van der Waals surface area contributed by atoms with E-state index in [1.807, 2.05) is 54.6 Å². The number of rotatable bonds is 7. The molecule has 0 aliphatic carbocycles. The molecule has 0 atom stereocenters. The Hall–Kier alpha value is -4.58. The number of nitrogens with one attached hydrogen (secondary N) is 1. The van der Waals surface area contributed by atoms with Crippen LogP contribution >= 0.6 is 0 Å². The maximum Gasteiger partial charge on any atom is 0.336 e. The average Bonchev–Trinajstić information content (AvgIpc) is 2.96. The first-order valence-electron chi connectivity index (χ1n) is 13.5. The molecule has 0 saturated heterocycles. The lowest BCUT2D eigenvalue weighted by Crippen LogP contribution is -2.32. The van der Waals surface area contributed by atoms with Crippen molar-refractivity contribution in [3.8, 4) is 16.9 Å². The molecule has 6 heteroatoms. The predicted molar refractivity (Wildman–Crippen MR) is 158 cm³/mol. The molecule has 0 bridgehead atoms. The van der Waals surface area contributed by atoms with Gasteiger partial charge in [0.2, 0.25) is 0 Å². The number of fused-ring (bicyclic) bond motifs is 1. The highest BCUT2D eigenvalue weighted by molar-refractivity contribution is 5.96. The second kappa shape index (κ2) is 11.3. The second-order valence-corrected chi connectivity index (χ2v) is 11.1. The summed E-state index contributed by atoms with van der Waals surface area (Å²) in [5.74, 6) is -0.381. The summed E-state index contributed by atoms with van der Waals surface area (Å²) in [6.45, 7) is 8.94. The van der Waals surface area contributed by atoms with Crippen molar-refractivity contribution < 1.29 is 19.4 Å². The van der Waals surface area contributed by atoms with Crippen molar-refractivity contribution in [2.45, 2.75) is 39.3 Å². The van der Waals surface area contributed by atoms with Crippen LogP contribution in [0, 0.1) is 0 Å². The first-order chi connectivity index (χ1) is 19.2. The smallest absolute Gasteiger partial charge is 0.336 e. The van der Waals surface area contributed by atoms with E-state index in [9.17, 15) is 14.7 Å². The molecule has 4 aromatic carbocycles. The van der Waals surface area contributed by atoms with Gasteiger partial charge >= 0.3 is 5.97 Å². The number of amides is 1.